The quantitative estimate of drug-likeness (QED) is 0.277. The van der Waals surface area contributed by atoms with Crippen molar-refractivity contribution in [3.05, 3.63) is 69.3 Å². The van der Waals surface area contributed by atoms with Gasteiger partial charge in [-0.3, -0.25) is 19.0 Å². The first-order valence-electron chi connectivity index (χ1n) is 12.8. The first-order chi connectivity index (χ1) is 19.5. The van der Waals surface area contributed by atoms with E-state index in [2.05, 4.69) is 25.8 Å². The number of ether oxygens (including phenoxy) is 3. The van der Waals surface area contributed by atoms with Gasteiger partial charge < -0.3 is 29.3 Å². The summed E-state index contributed by atoms with van der Waals surface area (Å²) in [6.07, 6.45) is -2.42. The van der Waals surface area contributed by atoms with Crippen LogP contribution in [0.4, 0.5) is 9.18 Å². The van der Waals surface area contributed by atoms with Crippen molar-refractivity contribution in [3.8, 4) is 5.75 Å². The van der Waals surface area contributed by atoms with E-state index < -0.39 is 58.2 Å². The molecule has 0 fully saturated rings. The van der Waals surface area contributed by atoms with E-state index in [1.807, 2.05) is 0 Å². The third kappa shape index (κ3) is 8.11. The van der Waals surface area contributed by atoms with Gasteiger partial charge in [-0.2, -0.15) is 0 Å². The van der Waals surface area contributed by atoms with E-state index in [-0.39, 0.29) is 24.2 Å². The lowest BCUT2D eigenvalue weighted by Crippen LogP contribution is -2.46. The van der Waals surface area contributed by atoms with Gasteiger partial charge in [-0.25, -0.2) is 14.2 Å². The van der Waals surface area contributed by atoms with Gasteiger partial charge in [0.2, 0.25) is 17.9 Å². The fraction of sp³-hybridized carbons (Fsp3) is 0.444. The van der Waals surface area contributed by atoms with Crippen molar-refractivity contribution in [2.45, 2.75) is 72.4 Å². The molecule has 1 atom stereocenters. The number of carbonyl (C=O) groups is 3. The molecule has 0 saturated carbocycles. The van der Waals surface area contributed by atoms with E-state index in [1.165, 1.54) is 45.2 Å². The summed E-state index contributed by atoms with van der Waals surface area (Å²) >= 11 is 0. The van der Waals surface area contributed by atoms with Crippen molar-refractivity contribution in [2.24, 2.45) is 7.05 Å². The molecule has 0 radical (unpaired) electrons. The first-order valence-corrected chi connectivity index (χ1v) is 12.8. The normalized spacial score (nSPS) is 12.3. The predicted octanol–water partition coefficient (Wildman–Crippen LogP) is 2.88. The molecule has 42 heavy (non-hydrogen) atoms. The average Bonchev–Trinajstić information content (AvgIpc) is 3.31. The van der Waals surface area contributed by atoms with Gasteiger partial charge >= 0.3 is 18.0 Å². The molecule has 2 aromatic heterocycles. The van der Waals surface area contributed by atoms with Crippen molar-refractivity contribution in [2.75, 3.05) is 0 Å². The highest BCUT2D eigenvalue weighted by molar-refractivity contribution is 5.95. The molecule has 0 bridgehead atoms. The van der Waals surface area contributed by atoms with Crippen molar-refractivity contribution < 1.29 is 37.4 Å². The molecule has 0 aliphatic rings. The van der Waals surface area contributed by atoms with Crippen molar-refractivity contribution in [1.29, 1.82) is 0 Å². The number of hydrogen-bond donors (Lipinski definition) is 2. The average molecular weight is 589 g/mol. The molecule has 1 unspecified atom stereocenters. The topological polar surface area (TPSA) is 177 Å². The summed E-state index contributed by atoms with van der Waals surface area (Å²) < 4.78 is 35.4. The fourth-order valence-electron chi connectivity index (χ4n) is 3.65. The number of hydrogen-bond acceptors (Lipinski definition) is 11. The summed E-state index contributed by atoms with van der Waals surface area (Å²) in [5.41, 5.74) is -2.90. The van der Waals surface area contributed by atoms with Crippen LogP contribution in [0, 0.1) is 12.7 Å². The van der Waals surface area contributed by atoms with Crippen LogP contribution in [0.15, 0.2) is 33.5 Å². The highest BCUT2D eigenvalue weighted by atomic mass is 19.1. The van der Waals surface area contributed by atoms with E-state index in [0.29, 0.717) is 5.56 Å². The maximum atomic E-state index is 13.5. The molecule has 0 aliphatic heterocycles. The number of aromatic nitrogens is 4. The highest BCUT2D eigenvalue weighted by Crippen LogP contribution is 2.22. The molecular weight excluding hydrogens is 555 g/mol. The SMILES string of the molecule is Cc1nnc(C(=O)NC(C)(C)c2nc(C(=O)NCc3ccc(F)cc3)c(OC(C)OC(=O)OC(C)(C)C)c(=O)n2C)o1. The van der Waals surface area contributed by atoms with Gasteiger partial charge in [0.05, 0.1) is 5.54 Å². The Hall–Kier alpha value is -4.82. The summed E-state index contributed by atoms with van der Waals surface area (Å²) in [6, 6.07) is 5.42. The predicted molar refractivity (Wildman–Crippen MR) is 144 cm³/mol. The minimum Gasteiger partial charge on any atom is -0.447 e. The van der Waals surface area contributed by atoms with Crippen LogP contribution in [0.25, 0.3) is 0 Å². The van der Waals surface area contributed by atoms with Crippen LogP contribution in [0.3, 0.4) is 0 Å². The number of rotatable bonds is 9. The molecule has 14 nitrogen and oxygen atoms in total. The molecule has 3 aromatic rings. The van der Waals surface area contributed by atoms with Crippen molar-refractivity contribution >= 4 is 18.0 Å². The van der Waals surface area contributed by atoms with Crippen LogP contribution in [-0.2, 0) is 28.6 Å². The summed E-state index contributed by atoms with van der Waals surface area (Å²) in [5, 5.41) is 12.6. The highest BCUT2D eigenvalue weighted by Gasteiger charge is 2.34. The number of benzene rings is 1. The molecule has 2 amide bonds. The molecular formula is C27H33FN6O8. The second-order valence-corrected chi connectivity index (χ2v) is 10.8. The zero-order valence-corrected chi connectivity index (χ0v) is 24.5. The number of amides is 2. The maximum Gasteiger partial charge on any atom is 0.511 e. The minimum absolute atomic E-state index is 0.0305. The standard InChI is InChI=1S/C27H33FN6O8/c1-14-32-33-22(39-14)21(36)31-27(6,7)24-30-18(20(35)29-13-16-9-11-17(28)12-10-16)19(23(37)34(24)8)40-15(2)41-25(38)42-26(3,4)5/h9-12,15H,13H2,1-8H3,(H,29,35)(H,31,36). The third-order valence-electron chi connectivity index (χ3n) is 5.47. The van der Waals surface area contributed by atoms with E-state index in [0.717, 1.165) is 4.57 Å². The maximum absolute atomic E-state index is 13.5. The Labute approximate surface area is 240 Å². The van der Waals surface area contributed by atoms with Gasteiger partial charge in [0.15, 0.2) is 5.69 Å². The lowest BCUT2D eigenvalue weighted by molar-refractivity contribution is -0.0779. The monoisotopic (exact) mass is 588 g/mol. The Morgan fingerprint density at radius 3 is 2.29 bits per heavy atom. The van der Waals surface area contributed by atoms with Crippen molar-refractivity contribution in [1.82, 2.24) is 30.4 Å². The van der Waals surface area contributed by atoms with Crippen LogP contribution < -0.4 is 20.9 Å². The zero-order valence-electron chi connectivity index (χ0n) is 24.5. The lowest BCUT2D eigenvalue weighted by Gasteiger charge is -2.28. The van der Waals surface area contributed by atoms with Gasteiger partial charge in [0, 0.05) is 27.4 Å². The van der Waals surface area contributed by atoms with Gasteiger partial charge in [0.25, 0.3) is 11.5 Å². The molecule has 226 valence electrons. The van der Waals surface area contributed by atoms with Gasteiger partial charge in [-0.1, -0.05) is 12.1 Å². The second kappa shape index (κ2) is 12.4. The smallest absolute Gasteiger partial charge is 0.447 e. The molecule has 2 N–H and O–H groups in total. The number of halogens is 1. The van der Waals surface area contributed by atoms with E-state index in [1.54, 1.807) is 34.6 Å². The Balaban J connectivity index is 1.98. The van der Waals surface area contributed by atoms with Crippen LogP contribution in [0.5, 0.6) is 5.75 Å². The van der Waals surface area contributed by atoms with Gasteiger partial charge in [-0.15, -0.1) is 10.2 Å². The molecule has 15 heteroatoms. The summed E-state index contributed by atoms with van der Waals surface area (Å²) in [6.45, 7) is 10.8. The number of nitrogens with zero attached hydrogens (tertiary/aromatic N) is 4. The minimum atomic E-state index is -1.36. The zero-order chi connectivity index (χ0) is 31.4. The Morgan fingerprint density at radius 2 is 1.71 bits per heavy atom. The first kappa shape index (κ1) is 31.7. The Kier molecular flexibility index (Phi) is 9.33. The molecule has 0 saturated heterocycles. The molecule has 0 spiro atoms. The Bertz CT molecular complexity index is 1520. The largest absolute Gasteiger partial charge is 0.511 e. The van der Waals surface area contributed by atoms with E-state index >= 15 is 0 Å². The van der Waals surface area contributed by atoms with Gasteiger partial charge in [0.1, 0.15) is 17.2 Å². The van der Waals surface area contributed by atoms with E-state index in [9.17, 15) is 23.6 Å². The third-order valence-corrected chi connectivity index (χ3v) is 5.47. The number of carbonyl (C=O) groups excluding carboxylic acids is 3. The number of aryl methyl sites for hydroxylation is 1. The lowest BCUT2D eigenvalue weighted by atomic mass is 10.0. The second-order valence-electron chi connectivity index (χ2n) is 10.8. The molecule has 1 aromatic carbocycles. The van der Waals surface area contributed by atoms with E-state index in [4.69, 9.17) is 18.6 Å². The molecule has 2 heterocycles. The molecule has 3 rings (SSSR count). The summed E-state index contributed by atoms with van der Waals surface area (Å²) in [5.74, 6) is -2.70. The van der Waals surface area contributed by atoms with Crippen molar-refractivity contribution in [3.63, 3.8) is 0 Å². The van der Waals surface area contributed by atoms with Crippen LogP contribution >= 0.6 is 0 Å². The summed E-state index contributed by atoms with van der Waals surface area (Å²) in [4.78, 5) is 56.2. The fourth-order valence-corrected chi connectivity index (χ4v) is 3.65. The summed E-state index contributed by atoms with van der Waals surface area (Å²) in [7, 11) is 1.36. The van der Waals surface area contributed by atoms with Crippen LogP contribution in [0.1, 0.15) is 80.0 Å². The molecule has 0 aliphatic carbocycles. The van der Waals surface area contributed by atoms with Crippen LogP contribution in [-0.4, -0.2) is 49.6 Å². The number of nitrogens with one attached hydrogen (secondary N) is 2. The Morgan fingerprint density at radius 1 is 1.07 bits per heavy atom. The van der Waals surface area contributed by atoms with Crippen LogP contribution in [0.2, 0.25) is 0 Å². The van der Waals surface area contributed by atoms with Gasteiger partial charge in [-0.05, 0) is 52.3 Å².